The molecular formula is C7H12N2O. The molecule has 0 aliphatic rings. The van der Waals surface area contributed by atoms with Crippen molar-refractivity contribution in [2.24, 2.45) is 0 Å². The summed E-state index contributed by atoms with van der Waals surface area (Å²) in [4.78, 5) is 0. The molecule has 0 aliphatic carbocycles. The van der Waals surface area contributed by atoms with Gasteiger partial charge >= 0.3 is 0 Å². The Kier molecular flexibility index (Phi) is 0.357. The summed E-state index contributed by atoms with van der Waals surface area (Å²) in [6.07, 6.45) is 0. The van der Waals surface area contributed by atoms with Gasteiger partial charge in [-0.15, -0.1) is 0 Å². The standard InChI is InChI=1S/C7H12N2O/c1-7(2,3)5-4-6(8)9-10-5/h4H,1-3H3,(H2,8,9)/i1D3,2D3,3D3. The molecule has 0 amide bonds. The van der Waals surface area contributed by atoms with E-state index in [2.05, 4.69) is 9.68 Å². The molecule has 0 aliphatic heterocycles. The van der Waals surface area contributed by atoms with Crippen LogP contribution < -0.4 is 5.73 Å². The van der Waals surface area contributed by atoms with Crippen LogP contribution in [0.25, 0.3) is 0 Å². The van der Waals surface area contributed by atoms with Crippen LogP contribution in [0.1, 0.15) is 38.7 Å². The van der Waals surface area contributed by atoms with Gasteiger partial charge in [-0.2, -0.15) is 0 Å². The quantitative estimate of drug-likeness (QED) is 0.609. The summed E-state index contributed by atoms with van der Waals surface area (Å²) in [7, 11) is 0. The fourth-order valence-corrected chi connectivity index (χ4v) is 0.466. The molecule has 0 unspecified atom stereocenters. The largest absolute Gasteiger partial charge is 0.381 e. The summed E-state index contributed by atoms with van der Waals surface area (Å²) < 4.78 is 71.0. The summed E-state index contributed by atoms with van der Waals surface area (Å²) in [6, 6.07) is 0.811. The maximum Gasteiger partial charge on any atom is 0.167 e. The molecule has 1 rings (SSSR count). The fraction of sp³-hybridized carbons (Fsp3) is 0.571. The SMILES string of the molecule is [2H]C([2H])([2H])C(c1cc(N)no1)(C([2H])([2H])[2H])C([2H])([2H])[2H]. The Morgan fingerprint density at radius 3 is 2.80 bits per heavy atom. The van der Waals surface area contributed by atoms with E-state index >= 15 is 0 Å². The molecule has 0 saturated heterocycles. The van der Waals surface area contributed by atoms with Crippen molar-refractivity contribution in [3.05, 3.63) is 11.8 Å². The van der Waals surface area contributed by atoms with Gasteiger partial charge in [-0.3, -0.25) is 0 Å². The molecule has 3 heteroatoms. The molecule has 0 spiro atoms. The lowest BCUT2D eigenvalue weighted by molar-refractivity contribution is 0.331. The van der Waals surface area contributed by atoms with Crippen LogP contribution in [0.15, 0.2) is 10.6 Å². The number of hydrogen-bond donors (Lipinski definition) is 1. The molecule has 0 saturated carbocycles. The third-order valence-electron chi connectivity index (χ3n) is 0.898. The Morgan fingerprint density at radius 2 is 2.40 bits per heavy atom. The van der Waals surface area contributed by atoms with Crippen molar-refractivity contribution in [1.82, 2.24) is 5.16 Å². The first-order chi connectivity index (χ1) is 8.25. The van der Waals surface area contributed by atoms with Crippen LogP contribution in [0.4, 0.5) is 5.82 Å². The van der Waals surface area contributed by atoms with Gasteiger partial charge in [0.2, 0.25) is 0 Å². The lowest BCUT2D eigenvalue weighted by Gasteiger charge is -2.11. The Balaban J connectivity index is 3.75. The van der Waals surface area contributed by atoms with Gasteiger partial charge in [-0.25, -0.2) is 0 Å². The van der Waals surface area contributed by atoms with Gasteiger partial charge in [0, 0.05) is 23.8 Å². The normalized spacial score (nSPS) is 29.0. The minimum atomic E-state index is -3.37. The van der Waals surface area contributed by atoms with Crippen molar-refractivity contribution in [3.63, 3.8) is 0 Å². The minimum absolute atomic E-state index is 0.294. The van der Waals surface area contributed by atoms with Crippen LogP contribution in [0, 0.1) is 0 Å². The highest BCUT2D eigenvalue weighted by molar-refractivity contribution is 5.29. The number of hydrogen-bond acceptors (Lipinski definition) is 3. The van der Waals surface area contributed by atoms with Crippen LogP contribution in [-0.4, -0.2) is 5.16 Å². The van der Waals surface area contributed by atoms with Crippen LogP contribution in [0.2, 0.25) is 0 Å². The van der Waals surface area contributed by atoms with Gasteiger partial charge in [-0.1, -0.05) is 25.7 Å². The first-order valence-electron chi connectivity index (χ1n) is 6.98. The van der Waals surface area contributed by atoms with Gasteiger partial charge in [-0.05, 0) is 0 Å². The summed E-state index contributed by atoms with van der Waals surface area (Å²) in [5.74, 6) is -1.10. The Morgan fingerprint density at radius 1 is 1.70 bits per heavy atom. The van der Waals surface area contributed by atoms with Crippen molar-refractivity contribution < 1.29 is 16.9 Å². The first-order valence-corrected chi connectivity index (χ1v) is 2.48. The lowest BCUT2D eigenvalue weighted by Crippen LogP contribution is -2.09. The third kappa shape index (κ3) is 1.29. The predicted octanol–water partition coefficient (Wildman–Crippen LogP) is 1.55. The van der Waals surface area contributed by atoms with Crippen LogP contribution >= 0.6 is 0 Å². The lowest BCUT2D eigenvalue weighted by atomic mass is 9.93. The molecule has 0 radical (unpaired) electrons. The van der Waals surface area contributed by atoms with E-state index in [-0.39, 0.29) is 5.82 Å². The second kappa shape index (κ2) is 2.01. The van der Waals surface area contributed by atoms with E-state index in [0.29, 0.717) is 0 Å². The highest BCUT2D eigenvalue weighted by Gasteiger charge is 2.18. The average Bonchev–Trinajstić information content (AvgIpc) is 2.43. The van der Waals surface area contributed by atoms with Crippen LogP contribution in [-0.2, 0) is 5.41 Å². The van der Waals surface area contributed by atoms with Gasteiger partial charge in [0.05, 0.1) is 0 Å². The van der Waals surface area contributed by atoms with Crippen molar-refractivity contribution in [1.29, 1.82) is 0 Å². The van der Waals surface area contributed by atoms with E-state index in [1.165, 1.54) is 0 Å². The molecule has 1 aromatic rings. The zero-order chi connectivity index (χ0) is 15.3. The van der Waals surface area contributed by atoms with Crippen LogP contribution in [0.5, 0.6) is 0 Å². The molecule has 0 bridgehead atoms. The first kappa shape index (κ1) is 1.78. The molecule has 3 nitrogen and oxygen atoms in total. The predicted molar refractivity (Wildman–Crippen MR) is 39.6 cm³/mol. The van der Waals surface area contributed by atoms with E-state index in [1.54, 1.807) is 0 Å². The number of nitrogens with two attached hydrogens (primary N) is 1. The average molecular weight is 149 g/mol. The minimum Gasteiger partial charge on any atom is -0.381 e. The number of aromatic nitrogens is 1. The van der Waals surface area contributed by atoms with E-state index in [9.17, 15) is 0 Å². The molecule has 1 heterocycles. The molecule has 1 aromatic heterocycles. The molecule has 56 valence electrons. The Hall–Kier alpha value is -0.990. The Labute approximate surface area is 72.8 Å². The highest BCUT2D eigenvalue weighted by atomic mass is 16.5. The molecule has 10 heavy (non-hydrogen) atoms. The monoisotopic (exact) mass is 149 g/mol. The number of nitrogens with zero attached hydrogens (tertiary/aromatic N) is 1. The van der Waals surface area contributed by atoms with Crippen molar-refractivity contribution in [3.8, 4) is 0 Å². The van der Waals surface area contributed by atoms with E-state index < -0.39 is 31.7 Å². The highest BCUT2D eigenvalue weighted by Crippen LogP contribution is 2.22. The smallest absolute Gasteiger partial charge is 0.167 e. The molecular weight excluding hydrogens is 128 g/mol. The van der Waals surface area contributed by atoms with E-state index in [0.717, 1.165) is 6.07 Å². The van der Waals surface area contributed by atoms with Gasteiger partial charge in [0.15, 0.2) is 5.82 Å². The summed E-state index contributed by atoms with van der Waals surface area (Å²) in [6.45, 7) is -10.1. The van der Waals surface area contributed by atoms with Crippen LogP contribution in [0.3, 0.4) is 0 Å². The van der Waals surface area contributed by atoms with E-state index in [4.69, 9.17) is 18.1 Å². The number of rotatable bonds is 0. The third-order valence-corrected chi connectivity index (χ3v) is 0.898. The summed E-state index contributed by atoms with van der Waals surface area (Å²) in [5, 5.41) is 3.18. The van der Waals surface area contributed by atoms with Gasteiger partial charge in [0.25, 0.3) is 0 Å². The van der Waals surface area contributed by atoms with Crippen molar-refractivity contribution in [2.45, 2.75) is 26.0 Å². The zero-order valence-electron chi connectivity index (χ0n) is 14.0. The number of anilines is 1. The molecule has 2 N–H and O–H groups in total. The van der Waals surface area contributed by atoms with Crippen molar-refractivity contribution >= 4 is 5.82 Å². The van der Waals surface area contributed by atoms with Crippen molar-refractivity contribution in [2.75, 3.05) is 5.73 Å². The maximum atomic E-state index is 7.38. The molecule has 0 aromatic carbocycles. The van der Waals surface area contributed by atoms with Gasteiger partial charge < -0.3 is 10.3 Å². The molecule has 0 fully saturated rings. The fourth-order valence-electron chi connectivity index (χ4n) is 0.466. The van der Waals surface area contributed by atoms with Gasteiger partial charge in [0.1, 0.15) is 5.76 Å². The summed E-state index contributed by atoms with van der Waals surface area (Å²) in [5.41, 5.74) is 2.07. The second-order valence-corrected chi connectivity index (χ2v) is 1.87. The zero-order valence-corrected chi connectivity index (χ0v) is 5.01. The molecule has 0 atom stereocenters. The maximum absolute atomic E-state index is 7.38. The van der Waals surface area contributed by atoms with E-state index in [1.807, 2.05) is 0 Å². The summed E-state index contributed by atoms with van der Waals surface area (Å²) >= 11 is 0. The Bertz CT molecular complexity index is 418. The second-order valence-electron chi connectivity index (χ2n) is 1.87. The number of nitrogen functional groups attached to an aromatic ring is 1. The topological polar surface area (TPSA) is 52.0 Å².